The van der Waals surface area contributed by atoms with Crippen molar-refractivity contribution in [2.75, 3.05) is 6.61 Å². The Morgan fingerprint density at radius 3 is 2.41 bits per heavy atom. The molecule has 0 aromatic carbocycles. The number of unbranched alkanes of at least 4 members (excludes halogenated alkanes) is 1. The summed E-state index contributed by atoms with van der Waals surface area (Å²) in [5.74, 6) is -0.419. The van der Waals surface area contributed by atoms with Crippen LogP contribution in [0.5, 0.6) is 0 Å². The molecule has 0 aliphatic heterocycles. The van der Waals surface area contributed by atoms with E-state index in [1.807, 2.05) is 20.8 Å². The number of hydrogen-bond acceptors (Lipinski definition) is 4. The molecule has 0 aliphatic rings. The van der Waals surface area contributed by atoms with Crippen LogP contribution < -0.4 is 10.9 Å². The molecule has 17 heavy (non-hydrogen) atoms. The first-order valence-electron chi connectivity index (χ1n) is 6.21. The zero-order chi connectivity index (χ0) is 13.3. The Balaban J connectivity index is 4.24. The molecular weight excluding hydrogens is 220 g/mol. The molecule has 1 amide bonds. The summed E-state index contributed by atoms with van der Waals surface area (Å²) in [4.78, 5) is 22.6. The van der Waals surface area contributed by atoms with E-state index in [-0.39, 0.29) is 17.8 Å². The largest absolute Gasteiger partial charge is 0.464 e. The molecule has 0 aliphatic carbocycles. The fourth-order valence-corrected chi connectivity index (χ4v) is 1.26. The lowest BCUT2D eigenvalue weighted by Gasteiger charge is -2.22. The average Bonchev–Trinajstić information content (AvgIpc) is 2.28. The molecule has 100 valence electrons. The molecule has 0 rings (SSSR count). The first kappa shape index (κ1) is 15.9. The maximum absolute atomic E-state index is 11.8. The normalized spacial score (nSPS) is 13.9. The number of nitrogens with one attached hydrogen (secondary N) is 2. The Kier molecular flexibility index (Phi) is 8.40. The SMILES string of the molecule is CCCCOC(=O)[C@@H](NNC(C)=O)[C@@H](C)CC. The van der Waals surface area contributed by atoms with E-state index in [0.29, 0.717) is 6.61 Å². The van der Waals surface area contributed by atoms with Crippen molar-refractivity contribution >= 4 is 11.9 Å². The smallest absolute Gasteiger partial charge is 0.325 e. The Morgan fingerprint density at radius 1 is 1.29 bits per heavy atom. The van der Waals surface area contributed by atoms with Crippen LogP contribution in [-0.2, 0) is 14.3 Å². The van der Waals surface area contributed by atoms with Crippen molar-refractivity contribution in [2.24, 2.45) is 5.92 Å². The van der Waals surface area contributed by atoms with Crippen LogP contribution in [0.3, 0.4) is 0 Å². The van der Waals surface area contributed by atoms with Crippen molar-refractivity contribution in [1.82, 2.24) is 10.9 Å². The molecule has 0 saturated heterocycles. The lowest BCUT2D eigenvalue weighted by molar-refractivity contribution is -0.148. The standard InChI is InChI=1S/C12H24N2O3/c1-5-7-8-17-12(16)11(9(3)6-2)14-13-10(4)15/h9,11,14H,5-8H2,1-4H3,(H,13,15)/t9-,11-/m0/s1. The molecule has 0 aromatic rings. The van der Waals surface area contributed by atoms with Gasteiger partial charge in [-0.05, 0) is 12.3 Å². The van der Waals surface area contributed by atoms with Crippen molar-refractivity contribution in [3.63, 3.8) is 0 Å². The summed E-state index contributed by atoms with van der Waals surface area (Å²) in [5, 5.41) is 0. The molecule has 0 spiro atoms. The average molecular weight is 244 g/mol. The third-order valence-electron chi connectivity index (χ3n) is 2.61. The maximum Gasteiger partial charge on any atom is 0.325 e. The van der Waals surface area contributed by atoms with Gasteiger partial charge in [-0.2, -0.15) is 0 Å². The second-order valence-corrected chi connectivity index (χ2v) is 4.21. The Bertz CT molecular complexity index is 244. The molecule has 0 bridgehead atoms. The number of carbonyl (C=O) groups is 2. The van der Waals surface area contributed by atoms with E-state index in [4.69, 9.17) is 4.74 Å². The summed E-state index contributed by atoms with van der Waals surface area (Å²) in [6.07, 6.45) is 2.68. The summed E-state index contributed by atoms with van der Waals surface area (Å²) >= 11 is 0. The van der Waals surface area contributed by atoms with Crippen LogP contribution in [0.15, 0.2) is 0 Å². The van der Waals surface area contributed by atoms with Crippen LogP contribution in [0, 0.1) is 5.92 Å². The van der Waals surface area contributed by atoms with Crippen molar-refractivity contribution in [1.29, 1.82) is 0 Å². The van der Waals surface area contributed by atoms with E-state index in [9.17, 15) is 9.59 Å². The third kappa shape index (κ3) is 6.94. The van der Waals surface area contributed by atoms with Crippen LogP contribution in [0.2, 0.25) is 0 Å². The predicted octanol–water partition coefficient (Wildman–Crippen LogP) is 1.39. The summed E-state index contributed by atoms with van der Waals surface area (Å²) in [5.41, 5.74) is 5.16. The third-order valence-corrected chi connectivity index (χ3v) is 2.61. The molecule has 5 heteroatoms. The molecule has 0 fully saturated rings. The van der Waals surface area contributed by atoms with Crippen LogP contribution in [0.25, 0.3) is 0 Å². The van der Waals surface area contributed by atoms with E-state index < -0.39 is 6.04 Å². The van der Waals surface area contributed by atoms with Gasteiger partial charge in [-0.15, -0.1) is 0 Å². The Hall–Kier alpha value is -1.10. The molecule has 2 atom stereocenters. The minimum absolute atomic E-state index is 0.107. The van der Waals surface area contributed by atoms with Crippen molar-refractivity contribution in [3.05, 3.63) is 0 Å². The van der Waals surface area contributed by atoms with Crippen molar-refractivity contribution in [2.45, 2.75) is 53.0 Å². The van der Waals surface area contributed by atoms with E-state index >= 15 is 0 Å². The summed E-state index contributed by atoms with van der Waals surface area (Å²) in [6, 6.07) is -0.485. The lowest BCUT2D eigenvalue weighted by atomic mass is 10.00. The monoisotopic (exact) mass is 244 g/mol. The number of ether oxygens (including phenoxy) is 1. The van der Waals surface area contributed by atoms with Crippen LogP contribution in [0.1, 0.15) is 47.0 Å². The first-order valence-corrected chi connectivity index (χ1v) is 6.21. The van der Waals surface area contributed by atoms with Crippen molar-refractivity contribution in [3.8, 4) is 0 Å². The summed E-state index contributed by atoms with van der Waals surface area (Å²) in [6.45, 7) is 7.80. The van der Waals surface area contributed by atoms with Gasteiger partial charge in [-0.3, -0.25) is 15.0 Å². The number of rotatable bonds is 8. The molecule has 0 heterocycles. The van der Waals surface area contributed by atoms with Gasteiger partial charge in [-0.25, -0.2) is 5.43 Å². The predicted molar refractivity (Wildman–Crippen MR) is 66.1 cm³/mol. The second-order valence-electron chi connectivity index (χ2n) is 4.21. The molecule has 0 radical (unpaired) electrons. The maximum atomic E-state index is 11.8. The van der Waals surface area contributed by atoms with Crippen LogP contribution in [0.4, 0.5) is 0 Å². The number of esters is 1. The fourth-order valence-electron chi connectivity index (χ4n) is 1.26. The quantitative estimate of drug-likeness (QED) is 0.384. The zero-order valence-electron chi connectivity index (χ0n) is 11.2. The number of amides is 1. The zero-order valence-corrected chi connectivity index (χ0v) is 11.2. The Morgan fingerprint density at radius 2 is 1.94 bits per heavy atom. The minimum Gasteiger partial charge on any atom is -0.464 e. The number of hydrogen-bond donors (Lipinski definition) is 2. The van der Waals surface area contributed by atoms with Gasteiger partial charge >= 0.3 is 5.97 Å². The molecule has 0 unspecified atom stereocenters. The van der Waals surface area contributed by atoms with E-state index in [1.165, 1.54) is 6.92 Å². The number of carbonyl (C=O) groups excluding carboxylic acids is 2. The highest BCUT2D eigenvalue weighted by Gasteiger charge is 2.25. The van der Waals surface area contributed by atoms with E-state index in [2.05, 4.69) is 10.9 Å². The molecule has 5 nitrogen and oxygen atoms in total. The van der Waals surface area contributed by atoms with Gasteiger partial charge in [0.1, 0.15) is 6.04 Å². The van der Waals surface area contributed by atoms with Gasteiger partial charge in [0.15, 0.2) is 0 Å². The highest BCUT2D eigenvalue weighted by atomic mass is 16.5. The second kappa shape index (κ2) is 8.98. The van der Waals surface area contributed by atoms with E-state index in [0.717, 1.165) is 19.3 Å². The van der Waals surface area contributed by atoms with Gasteiger partial charge in [0.2, 0.25) is 5.91 Å². The van der Waals surface area contributed by atoms with Crippen LogP contribution >= 0.6 is 0 Å². The van der Waals surface area contributed by atoms with Gasteiger partial charge in [0.25, 0.3) is 0 Å². The highest BCUT2D eigenvalue weighted by Crippen LogP contribution is 2.09. The van der Waals surface area contributed by atoms with Gasteiger partial charge < -0.3 is 4.74 Å². The first-order chi connectivity index (χ1) is 8.02. The summed E-state index contributed by atoms with van der Waals surface area (Å²) in [7, 11) is 0. The number of hydrazine groups is 1. The van der Waals surface area contributed by atoms with Crippen LogP contribution in [-0.4, -0.2) is 24.5 Å². The topological polar surface area (TPSA) is 67.4 Å². The minimum atomic E-state index is -0.485. The molecule has 0 aromatic heterocycles. The van der Waals surface area contributed by atoms with Gasteiger partial charge in [0.05, 0.1) is 6.61 Å². The highest BCUT2D eigenvalue weighted by molar-refractivity contribution is 5.77. The van der Waals surface area contributed by atoms with Crippen molar-refractivity contribution < 1.29 is 14.3 Å². The molecular formula is C12H24N2O3. The summed E-state index contributed by atoms with van der Waals surface area (Å²) < 4.78 is 5.15. The fraction of sp³-hybridized carbons (Fsp3) is 0.833. The van der Waals surface area contributed by atoms with Gasteiger partial charge in [-0.1, -0.05) is 33.6 Å². The van der Waals surface area contributed by atoms with Gasteiger partial charge in [0, 0.05) is 6.92 Å². The lowest BCUT2D eigenvalue weighted by Crippen LogP contribution is -2.51. The van der Waals surface area contributed by atoms with E-state index in [1.54, 1.807) is 0 Å². The Labute approximate surface area is 103 Å². The molecule has 2 N–H and O–H groups in total. The molecule has 0 saturated carbocycles.